The van der Waals surface area contributed by atoms with Crippen molar-refractivity contribution in [3.8, 4) is 11.3 Å². The lowest BCUT2D eigenvalue weighted by molar-refractivity contribution is -0.384. The Hall–Kier alpha value is -4.04. The first-order valence-electron chi connectivity index (χ1n) is 10.6. The summed E-state index contributed by atoms with van der Waals surface area (Å²) in [5.41, 5.74) is 8.72. The zero-order chi connectivity index (χ0) is 22.6. The van der Waals surface area contributed by atoms with Crippen molar-refractivity contribution in [3.63, 3.8) is 0 Å². The summed E-state index contributed by atoms with van der Waals surface area (Å²) in [7, 11) is 0. The SMILES string of the molecule is O=[N+]([O-])c1cc(C=NNc2nc(-c3ccccc3)cs2)ccc1N1CCc2ccccc2C1. The zero-order valence-electron chi connectivity index (χ0n) is 17.7. The van der Waals surface area contributed by atoms with Gasteiger partial charge < -0.3 is 4.90 Å². The number of nitrogens with zero attached hydrogens (tertiary/aromatic N) is 4. The molecule has 164 valence electrons. The Bertz CT molecular complexity index is 1320. The van der Waals surface area contributed by atoms with E-state index in [9.17, 15) is 10.1 Å². The number of fused-ring (bicyclic) bond motifs is 1. The van der Waals surface area contributed by atoms with Gasteiger partial charge in [0.25, 0.3) is 5.69 Å². The van der Waals surface area contributed by atoms with Crippen molar-refractivity contribution in [2.75, 3.05) is 16.9 Å². The van der Waals surface area contributed by atoms with E-state index in [0.29, 0.717) is 22.9 Å². The van der Waals surface area contributed by atoms with Gasteiger partial charge in [0, 0.05) is 35.7 Å². The number of nitro groups is 1. The number of rotatable bonds is 6. The van der Waals surface area contributed by atoms with Crippen molar-refractivity contribution >= 4 is 34.1 Å². The lowest BCUT2D eigenvalue weighted by atomic mass is 9.99. The van der Waals surface area contributed by atoms with Gasteiger partial charge >= 0.3 is 0 Å². The number of nitro benzene ring substituents is 1. The van der Waals surface area contributed by atoms with Gasteiger partial charge in [-0.25, -0.2) is 4.98 Å². The molecule has 0 aliphatic carbocycles. The van der Waals surface area contributed by atoms with Gasteiger partial charge in [0.1, 0.15) is 5.69 Å². The first-order chi connectivity index (χ1) is 16.2. The molecule has 0 amide bonds. The minimum Gasteiger partial charge on any atom is -0.361 e. The molecule has 0 unspecified atom stereocenters. The fourth-order valence-electron chi connectivity index (χ4n) is 3.96. The average Bonchev–Trinajstić information content (AvgIpc) is 3.33. The maximum atomic E-state index is 11.8. The molecule has 8 heteroatoms. The minimum atomic E-state index is -0.326. The quantitative estimate of drug-likeness (QED) is 0.228. The third kappa shape index (κ3) is 4.61. The lowest BCUT2D eigenvalue weighted by Gasteiger charge is -2.30. The predicted molar refractivity (Wildman–Crippen MR) is 133 cm³/mol. The van der Waals surface area contributed by atoms with Gasteiger partial charge in [-0.3, -0.25) is 15.5 Å². The Balaban J connectivity index is 1.31. The molecular weight excluding hydrogens is 434 g/mol. The second-order valence-corrected chi connectivity index (χ2v) is 8.58. The number of benzene rings is 3. The summed E-state index contributed by atoms with van der Waals surface area (Å²) in [6.07, 6.45) is 2.45. The molecule has 0 atom stereocenters. The summed E-state index contributed by atoms with van der Waals surface area (Å²) in [6.45, 7) is 1.42. The number of nitrogens with one attached hydrogen (secondary N) is 1. The molecule has 3 aromatic carbocycles. The van der Waals surface area contributed by atoms with Crippen molar-refractivity contribution in [2.24, 2.45) is 5.10 Å². The number of hydrazone groups is 1. The van der Waals surface area contributed by atoms with Crippen LogP contribution in [0.2, 0.25) is 0 Å². The Labute approximate surface area is 195 Å². The summed E-state index contributed by atoms with van der Waals surface area (Å²) >= 11 is 1.45. The monoisotopic (exact) mass is 455 g/mol. The van der Waals surface area contributed by atoms with Crippen LogP contribution in [0.5, 0.6) is 0 Å². The smallest absolute Gasteiger partial charge is 0.293 e. The Morgan fingerprint density at radius 1 is 1.06 bits per heavy atom. The van der Waals surface area contributed by atoms with Crippen molar-refractivity contribution in [3.05, 3.63) is 105 Å². The molecule has 2 heterocycles. The molecule has 4 aromatic rings. The maximum Gasteiger partial charge on any atom is 0.293 e. The fourth-order valence-corrected chi connectivity index (χ4v) is 4.63. The summed E-state index contributed by atoms with van der Waals surface area (Å²) < 4.78 is 0. The number of aromatic nitrogens is 1. The molecule has 0 bridgehead atoms. The molecule has 0 spiro atoms. The normalized spacial score (nSPS) is 13.2. The summed E-state index contributed by atoms with van der Waals surface area (Å²) in [5, 5.41) is 18.7. The molecule has 7 nitrogen and oxygen atoms in total. The number of anilines is 2. The molecule has 1 aliphatic rings. The highest BCUT2D eigenvalue weighted by Crippen LogP contribution is 2.33. The Kier molecular flexibility index (Phi) is 5.82. The highest BCUT2D eigenvalue weighted by molar-refractivity contribution is 7.14. The second kappa shape index (κ2) is 9.22. The largest absolute Gasteiger partial charge is 0.361 e. The van der Waals surface area contributed by atoms with E-state index >= 15 is 0 Å². The molecule has 5 rings (SSSR count). The molecule has 0 radical (unpaired) electrons. The van der Waals surface area contributed by atoms with E-state index in [1.165, 1.54) is 22.5 Å². The van der Waals surface area contributed by atoms with Crippen molar-refractivity contribution in [1.82, 2.24) is 4.98 Å². The topological polar surface area (TPSA) is 83.7 Å². The fraction of sp³-hybridized carbons (Fsp3) is 0.120. The van der Waals surface area contributed by atoms with Gasteiger partial charge in [-0.1, -0.05) is 60.7 Å². The molecule has 0 saturated carbocycles. The maximum absolute atomic E-state index is 11.8. The lowest BCUT2D eigenvalue weighted by Crippen LogP contribution is -2.30. The van der Waals surface area contributed by atoms with E-state index in [0.717, 1.165) is 24.2 Å². The summed E-state index contributed by atoms with van der Waals surface area (Å²) in [5.74, 6) is 0. The first-order valence-corrected chi connectivity index (χ1v) is 11.5. The Morgan fingerprint density at radius 3 is 2.67 bits per heavy atom. The number of hydrogen-bond donors (Lipinski definition) is 1. The van der Waals surface area contributed by atoms with Gasteiger partial charge in [-0.2, -0.15) is 5.10 Å². The molecule has 0 saturated heterocycles. The van der Waals surface area contributed by atoms with E-state index in [-0.39, 0.29) is 10.6 Å². The zero-order valence-corrected chi connectivity index (χ0v) is 18.5. The van der Waals surface area contributed by atoms with Gasteiger partial charge in [0.2, 0.25) is 5.13 Å². The van der Waals surface area contributed by atoms with E-state index in [4.69, 9.17) is 0 Å². The molecule has 1 aliphatic heterocycles. The third-order valence-corrected chi connectivity index (χ3v) is 6.36. The molecule has 1 aromatic heterocycles. The van der Waals surface area contributed by atoms with Crippen LogP contribution in [0, 0.1) is 10.1 Å². The van der Waals surface area contributed by atoms with Crippen LogP contribution in [-0.4, -0.2) is 22.7 Å². The molecular formula is C25H21N5O2S. The van der Waals surface area contributed by atoms with Crippen molar-refractivity contribution < 1.29 is 4.92 Å². The Morgan fingerprint density at radius 2 is 1.85 bits per heavy atom. The standard InChI is InChI=1S/C25H21N5O2S/c31-30(32)24-14-18(10-11-23(24)29-13-12-19-6-4-5-9-21(19)16-29)15-26-28-25-27-22(17-33-25)20-7-2-1-3-8-20/h1-11,14-15,17H,12-13,16H2,(H,27,28). The van der Waals surface area contributed by atoms with Gasteiger partial charge in [-0.15, -0.1) is 11.3 Å². The van der Waals surface area contributed by atoms with Crippen LogP contribution in [-0.2, 0) is 13.0 Å². The van der Waals surface area contributed by atoms with Crippen LogP contribution in [0.4, 0.5) is 16.5 Å². The number of hydrogen-bond acceptors (Lipinski definition) is 7. The number of thiazole rings is 1. The minimum absolute atomic E-state index is 0.0824. The third-order valence-electron chi connectivity index (χ3n) is 5.62. The molecule has 1 N–H and O–H groups in total. The summed E-state index contributed by atoms with van der Waals surface area (Å²) in [4.78, 5) is 18.1. The van der Waals surface area contributed by atoms with Crippen LogP contribution in [0.1, 0.15) is 16.7 Å². The van der Waals surface area contributed by atoms with Crippen LogP contribution in [0.15, 0.2) is 83.3 Å². The van der Waals surface area contributed by atoms with Gasteiger partial charge in [0.05, 0.1) is 16.8 Å². The van der Waals surface area contributed by atoms with Crippen molar-refractivity contribution in [2.45, 2.75) is 13.0 Å². The van der Waals surface area contributed by atoms with Gasteiger partial charge in [-0.05, 0) is 23.6 Å². The second-order valence-electron chi connectivity index (χ2n) is 7.72. The van der Waals surface area contributed by atoms with Crippen LogP contribution in [0.3, 0.4) is 0 Å². The van der Waals surface area contributed by atoms with Crippen LogP contribution < -0.4 is 10.3 Å². The van der Waals surface area contributed by atoms with Crippen LogP contribution in [0.25, 0.3) is 11.3 Å². The van der Waals surface area contributed by atoms with E-state index < -0.39 is 0 Å². The summed E-state index contributed by atoms with van der Waals surface area (Å²) in [6, 6.07) is 23.4. The van der Waals surface area contributed by atoms with E-state index in [2.05, 4.69) is 32.5 Å². The first kappa shape index (κ1) is 20.8. The average molecular weight is 456 g/mol. The van der Waals surface area contributed by atoms with E-state index in [1.807, 2.05) is 60.0 Å². The highest BCUT2D eigenvalue weighted by atomic mass is 32.1. The van der Waals surface area contributed by atoms with E-state index in [1.54, 1.807) is 12.3 Å². The highest BCUT2D eigenvalue weighted by Gasteiger charge is 2.23. The van der Waals surface area contributed by atoms with Crippen LogP contribution >= 0.6 is 11.3 Å². The predicted octanol–water partition coefficient (Wildman–Crippen LogP) is 5.73. The van der Waals surface area contributed by atoms with Gasteiger partial charge in [0.15, 0.2) is 0 Å². The van der Waals surface area contributed by atoms with Crippen molar-refractivity contribution in [1.29, 1.82) is 0 Å². The molecule has 0 fully saturated rings. The molecule has 33 heavy (non-hydrogen) atoms.